The fourth-order valence-electron chi connectivity index (χ4n) is 2.79. The van der Waals surface area contributed by atoms with Gasteiger partial charge in [0.2, 0.25) is 0 Å². The van der Waals surface area contributed by atoms with Crippen LogP contribution in [0.15, 0.2) is 48.5 Å². The van der Waals surface area contributed by atoms with Crippen LogP contribution in [0.3, 0.4) is 0 Å². The third kappa shape index (κ3) is 2.57. The molecular weight excluding hydrogens is 344 g/mol. The van der Waals surface area contributed by atoms with E-state index >= 15 is 0 Å². The van der Waals surface area contributed by atoms with Gasteiger partial charge in [0.1, 0.15) is 11.5 Å². The van der Waals surface area contributed by atoms with Gasteiger partial charge >= 0.3 is 17.6 Å². The zero-order valence-electron chi connectivity index (χ0n) is 14.1. The van der Waals surface area contributed by atoms with Crippen molar-refractivity contribution in [3.8, 4) is 11.5 Å². The molecule has 0 N–H and O–H groups in total. The van der Waals surface area contributed by atoms with Gasteiger partial charge in [-0.1, -0.05) is 36.4 Å². The Labute approximate surface area is 143 Å². The number of rotatable bonds is 4. The highest BCUT2D eigenvalue weighted by molar-refractivity contribution is 6.81. The molecule has 0 fully saturated rings. The first-order chi connectivity index (χ1) is 11.6. The van der Waals surface area contributed by atoms with Crippen LogP contribution in [0.25, 0.3) is 0 Å². The first kappa shape index (κ1) is 17.1. The fraction of sp³-hybridized carbons (Fsp3) is 0.250. The summed E-state index contributed by atoms with van der Waals surface area (Å²) < 4.78 is 35.5. The van der Waals surface area contributed by atoms with Crippen LogP contribution in [0, 0.1) is 0 Å². The van der Waals surface area contributed by atoms with Crippen molar-refractivity contribution in [2.24, 2.45) is 0 Å². The van der Waals surface area contributed by atoms with E-state index in [4.69, 9.17) is 26.6 Å². The van der Waals surface area contributed by atoms with E-state index in [9.17, 15) is 0 Å². The van der Waals surface area contributed by atoms with E-state index in [1.54, 1.807) is 28.4 Å². The molecule has 128 valence electrons. The summed E-state index contributed by atoms with van der Waals surface area (Å²) in [4.78, 5) is 0. The minimum absolute atomic E-state index is 0.581. The van der Waals surface area contributed by atoms with Crippen molar-refractivity contribution in [1.82, 2.24) is 0 Å². The average Bonchev–Trinajstić information content (AvgIpc) is 2.64. The van der Waals surface area contributed by atoms with Crippen molar-refractivity contribution in [2.75, 3.05) is 28.4 Å². The predicted molar refractivity (Wildman–Crippen MR) is 93.0 cm³/mol. The molecule has 0 amide bonds. The minimum Gasteiger partial charge on any atom is -0.497 e. The van der Waals surface area contributed by atoms with Crippen molar-refractivity contribution in [2.45, 2.75) is 0 Å². The predicted octanol–water partition coefficient (Wildman–Crippen LogP) is 1.04. The molecule has 0 bridgehead atoms. The Balaban J connectivity index is 2.28. The summed E-state index contributed by atoms with van der Waals surface area (Å²) in [5.41, 5.74) is 0. The Morgan fingerprint density at radius 1 is 0.583 bits per heavy atom. The molecule has 24 heavy (non-hydrogen) atoms. The zero-order valence-corrected chi connectivity index (χ0v) is 16.1. The minimum atomic E-state index is -3.19. The van der Waals surface area contributed by atoms with Gasteiger partial charge in [-0.05, 0) is 12.1 Å². The van der Waals surface area contributed by atoms with Gasteiger partial charge < -0.3 is 26.6 Å². The van der Waals surface area contributed by atoms with Crippen molar-refractivity contribution >= 4 is 28.0 Å². The average molecular weight is 365 g/mol. The van der Waals surface area contributed by atoms with Crippen LogP contribution in [0.2, 0.25) is 0 Å². The SMILES string of the molecule is CO[Si]1(OC)Oc2ccccc2[Si](OC)(OC)Oc2ccccc21. The molecule has 8 heteroatoms. The van der Waals surface area contributed by atoms with Crippen LogP contribution in [-0.2, 0) is 17.7 Å². The molecule has 0 spiro atoms. The van der Waals surface area contributed by atoms with E-state index in [1.807, 2.05) is 48.5 Å². The molecule has 3 rings (SSSR count). The van der Waals surface area contributed by atoms with E-state index in [1.165, 1.54) is 0 Å². The Kier molecular flexibility index (Phi) is 4.77. The number of benzene rings is 2. The topological polar surface area (TPSA) is 55.4 Å². The molecule has 1 aliphatic heterocycles. The highest BCUT2D eigenvalue weighted by Gasteiger charge is 2.55. The second-order valence-corrected chi connectivity index (χ2v) is 10.5. The van der Waals surface area contributed by atoms with Crippen LogP contribution in [-0.4, -0.2) is 46.0 Å². The summed E-state index contributed by atoms with van der Waals surface area (Å²) in [5.74, 6) is 1.16. The lowest BCUT2D eigenvalue weighted by Crippen LogP contribution is -2.66. The summed E-state index contributed by atoms with van der Waals surface area (Å²) in [6.45, 7) is 0. The van der Waals surface area contributed by atoms with E-state index in [0.717, 1.165) is 10.4 Å². The standard InChI is InChI=1S/C16H20O6Si2/c1-17-23(18-2)15-11-7-5-9-13(15)22-24(19-3,20-4)16-12-8-6-10-14(16)21-23/h5-12H,1-4H3. The van der Waals surface area contributed by atoms with Crippen molar-refractivity contribution in [3.05, 3.63) is 48.5 Å². The maximum Gasteiger partial charge on any atom is 0.606 e. The molecule has 1 aliphatic rings. The van der Waals surface area contributed by atoms with Crippen LogP contribution >= 0.6 is 0 Å². The lowest BCUT2D eigenvalue weighted by molar-refractivity contribution is 0.162. The molecule has 1 heterocycles. The van der Waals surface area contributed by atoms with E-state index in [2.05, 4.69) is 0 Å². The van der Waals surface area contributed by atoms with Crippen molar-refractivity contribution in [1.29, 1.82) is 0 Å². The third-order valence-corrected chi connectivity index (χ3v) is 9.27. The van der Waals surface area contributed by atoms with Gasteiger partial charge in [0, 0.05) is 28.4 Å². The first-order valence-corrected chi connectivity index (χ1v) is 10.9. The molecule has 6 nitrogen and oxygen atoms in total. The summed E-state index contributed by atoms with van der Waals surface area (Å²) >= 11 is 0. The summed E-state index contributed by atoms with van der Waals surface area (Å²) in [7, 11) is -0.0643. The van der Waals surface area contributed by atoms with Gasteiger partial charge in [0.15, 0.2) is 0 Å². The van der Waals surface area contributed by atoms with Gasteiger partial charge in [-0.15, -0.1) is 0 Å². The molecule has 0 aliphatic carbocycles. The lowest BCUT2D eigenvalue weighted by atomic mass is 10.3. The molecule has 0 radical (unpaired) electrons. The Morgan fingerprint density at radius 2 is 0.917 bits per heavy atom. The van der Waals surface area contributed by atoms with Crippen LogP contribution in [0.1, 0.15) is 0 Å². The maximum absolute atomic E-state index is 6.30. The van der Waals surface area contributed by atoms with E-state index < -0.39 is 17.6 Å². The van der Waals surface area contributed by atoms with Gasteiger partial charge in [-0.3, -0.25) is 0 Å². The molecule has 0 saturated heterocycles. The molecule has 0 unspecified atom stereocenters. The monoisotopic (exact) mass is 364 g/mol. The lowest BCUT2D eigenvalue weighted by Gasteiger charge is -2.36. The van der Waals surface area contributed by atoms with Crippen LogP contribution < -0.4 is 19.2 Å². The highest BCUT2D eigenvalue weighted by atomic mass is 28.4. The first-order valence-electron chi connectivity index (χ1n) is 7.42. The molecule has 0 saturated carbocycles. The Bertz CT molecular complexity index is 654. The molecular formula is C16H20O6Si2. The maximum atomic E-state index is 6.30. The van der Waals surface area contributed by atoms with Crippen molar-refractivity contribution in [3.63, 3.8) is 0 Å². The van der Waals surface area contributed by atoms with Gasteiger partial charge in [-0.2, -0.15) is 0 Å². The zero-order chi connectivity index (χ0) is 17.2. The third-order valence-electron chi connectivity index (χ3n) is 4.00. The summed E-state index contributed by atoms with van der Waals surface area (Å²) in [6.07, 6.45) is 0. The summed E-state index contributed by atoms with van der Waals surface area (Å²) in [6, 6.07) is 15.0. The van der Waals surface area contributed by atoms with Crippen molar-refractivity contribution < 1.29 is 26.6 Å². The second-order valence-electron chi connectivity index (χ2n) is 5.13. The van der Waals surface area contributed by atoms with E-state index in [0.29, 0.717) is 11.5 Å². The number of hydrogen-bond acceptors (Lipinski definition) is 6. The normalized spacial score (nSPS) is 17.5. The molecule has 2 aromatic rings. The Morgan fingerprint density at radius 3 is 1.25 bits per heavy atom. The highest BCUT2D eigenvalue weighted by Crippen LogP contribution is 2.27. The largest absolute Gasteiger partial charge is 0.606 e. The molecule has 0 atom stereocenters. The molecule has 2 aromatic carbocycles. The van der Waals surface area contributed by atoms with Crippen LogP contribution in [0.4, 0.5) is 0 Å². The Hall–Kier alpha value is -1.69. The van der Waals surface area contributed by atoms with E-state index in [-0.39, 0.29) is 0 Å². The smallest absolute Gasteiger partial charge is 0.497 e. The van der Waals surface area contributed by atoms with Gasteiger partial charge in [0.25, 0.3) is 0 Å². The van der Waals surface area contributed by atoms with Gasteiger partial charge in [-0.25, -0.2) is 0 Å². The van der Waals surface area contributed by atoms with Crippen LogP contribution in [0.5, 0.6) is 11.5 Å². The number of hydrogen-bond donors (Lipinski definition) is 0. The number of fused-ring (bicyclic) bond motifs is 2. The molecule has 0 aromatic heterocycles. The second kappa shape index (κ2) is 6.67. The number of para-hydroxylation sites is 2. The quantitative estimate of drug-likeness (QED) is 0.756. The summed E-state index contributed by atoms with van der Waals surface area (Å²) in [5, 5.41) is 1.46. The van der Waals surface area contributed by atoms with Gasteiger partial charge in [0.05, 0.1) is 10.4 Å². The fourth-order valence-corrected chi connectivity index (χ4v) is 7.17.